The molecule has 1 aromatic carbocycles. The van der Waals surface area contributed by atoms with E-state index in [4.69, 9.17) is 0 Å². The van der Waals surface area contributed by atoms with Gasteiger partial charge in [-0.1, -0.05) is 17.8 Å². The molecule has 8 heteroatoms. The molecule has 3 nitrogen and oxygen atoms in total. The molecule has 3 rings (SSSR count). The van der Waals surface area contributed by atoms with Crippen molar-refractivity contribution < 1.29 is 13.2 Å². The van der Waals surface area contributed by atoms with Crippen molar-refractivity contribution >= 4 is 23.3 Å². The fourth-order valence-corrected chi connectivity index (χ4v) is 3.38. The largest absolute Gasteiger partial charge is 0.417 e. The van der Waals surface area contributed by atoms with Crippen LogP contribution in [0.15, 0.2) is 33.8 Å². The molecule has 0 spiro atoms. The molecule has 0 unspecified atom stereocenters. The lowest BCUT2D eigenvalue weighted by molar-refractivity contribution is -0.139. The fraction of sp³-hybridized carbons (Fsp3) is 0.385. The van der Waals surface area contributed by atoms with Gasteiger partial charge in [-0.2, -0.15) is 17.5 Å². The Labute approximate surface area is 128 Å². The number of nitrogens with one attached hydrogen (secondary N) is 1. The molecule has 1 saturated carbocycles. The maximum absolute atomic E-state index is 13.2. The predicted octanol–water partition coefficient (Wildman–Crippen LogP) is 3.96. The lowest BCUT2D eigenvalue weighted by Gasteiger charge is -2.13. The summed E-state index contributed by atoms with van der Waals surface area (Å²) in [5.41, 5.74) is 0.0358. The summed E-state index contributed by atoms with van der Waals surface area (Å²) in [5, 5.41) is 3.22. The Morgan fingerprint density at radius 3 is 2.76 bits per heavy atom. The molecule has 0 amide bonds. The SMILES string of the molecule is FC(F)(F)c1cc(CNC2CC2)ccc1Sc1ncns1. The minimum atomic E-state index is -4.37. The quantitative estimate of drug-likeness (QED) is 0.900. The molecule has 1 fully saturated rings. The van der Waals surface area contributed by atoms with E-state index in [0.717, 1.165) is 36.1 Å². The first-order valence-electron chi connectivity index (χ1n) is 6.40. The van der Waals surface area contributed by atoms with Crippen LogP contribution in [0, 0.1) is 0 Å². The third-order valence-corrected chi connectivity index (χ3v) is 4.85. The minimum Gasteiger partial charge on any atom is -0.310 e. The average molecular weight is 331 g/mol. The van der Waals surface area contributed by atoms with Gasteiger partial charge in [0.2, 0.25) is 0 Å². The van der Waals surface area contributed by atoms with Crippen LogP contribution in [0.25, 0.3) is 0 Å². The van der Waals surface area contributed by atoms with E-state index < -0.39 is 11.7 Å². The summed E-state index contributed by atoms with van der Waals surface area (Å²) >= 11 is 2.08. The molecular formula is C13H12F3N3S2. The summed E-state index contributed by atoms with van der Waals surface area (Å²) in [6, 6.07) is 4.93. The summed E-state index contributed by atoms with van der Waals surface area (Å²) in [6.07, 6.45) is -0.814. The average Bonchev–Trinajstić information content (AvgIpc) is 3.12. The normalized spacial score (nSPS) is 15.4. The Morgan fingerprint density at radius 1 is 1.33 bits per heavy atom. The van der Waals surface area contributed by atoms with E-state index in [-0.39, 0.29) is 4.90 Å². The standard InChI is InChI=1S/C13H12F3N3S2/c14-13(15,16)10-5-8(6-17-9-2-3-9)1-4-11(10)20-12-18-7-19-21-12/h1,4-5,7,9,17H,2-3,6H2. The van der Waals surface area contributed by atoms with E-state index in [9.17, 15) is 13.2 Å². The number of alkyl halides is 3. The monoisotopic (exact) mass is 331 g/mol. The van der Waals surface area contributed by atoms with E-state index >= 15 is 0 Å². The second-order valence-electron chi connectivity index (χ2n) is 4.79. The van der Waals surface area contributed by atoms with Crippen LogP contribution in [0.5, 0.6) is 0 Å². The van der Waals surface area contributed by atoms with Crippen LogP contribution in [0.2, 0.25) is 0 Å². The van der Waals surface area contributed by atoms with Gasteiger partial charge < -0.3 is 5.32 Å². The van der Waals surface area contributed by atoms with Crippen LogP contribution in [-0.4, -0.2) is 15.4 Å². The zero-order chi connectivity index (χ0) is 14.9. The first-order chi connectivity index (χ1) is 10.0. The number of hydrogen-bond acceptors (Lipinski definition) is 5. The lowest BCUT2D eigenvalue weighted by atomic mass is 10.1. The molecule has 1 aromatic heterocycles. The predicted molar refractivity (Wildman–Crippen MR) is 75.3 cm³/mol. The summed E-state index contributed by atoms with van der Waals surface area (Å²) in [6.45, 7) is 0.470. The highest BCUT2D eigenvalue weighted by Gasteiger charge is 2.34. The fourth-order valence-electron chi connectivity index (χ4n) is 1.85. The van der Waals surface area contributed by atoms with Gasteiger partial charge in [-0.3, -0.25) is 0 Å². The molecule has 0 aliphatic heterocycles. The zero-order valence-corrected chi connectivity index (χ0v) is 12.5. The van der Waals surface area contributed by atoms with Gasteiger partial charge in [-0.05, 0) is 42.1 Å². The number of rotatable bonds is 5. The van der Waals surface area contributed by atoms with Gasteiger partial charge in [0.25, 0.3) is 0 Å². The topological polar surface area (TPSA) is 37.8 Å². The molecule has 0 atom stereocenters. The van der Waals surface area contributed by atoms with Crippen LogP contribution in [0.3, 0.4) is 0 Å². The van der Waals surface area contributed by atoms with Crippen molar-refractivity contribution in [2.45, 2.75) is 40.8 Å². The van der Waals surface area contributed by atoms with Crippen molar-refractivity contribution in [1.82, 2.24) is 14.7 Å². The van der Waals surface area contributed by atoms with Crippen molar-refractivity contribution in [3.8, 4) is 0 Å². The molecule has 1 aliphatic rings. The van der Waals surface area contributed by atoms with Gasteiger partial charge in [0.05, 0.1) is 5.56 Å². The van der Waals surface area contributed by atoms with E-state index in [1.807, 2.05) is 0 Å². The summed E-state index contributed by atoms with van der Waals surface area (Å²) < 4.78 is 43.9. The molecule has 21 heavy (non-hydrogen) atoms. The smallest absolute Gasteiger partial charge is 0.310 e. The number of nitrogens with zero attached hydrogens (tertiary/aromatic N) is 2. The van der Waals surface area contributed by atoms with Gasteiger partial charge in [0.15, 0.2) is 4.34 Å². The van der Waals surface area contributed by atoms with Crippen LogP contribution < -0.4 is 5.32 Å². The molecule has 1 N–H and O–H groups in total. The minimum absolute atomic E-state index is 0.162. The maximum atomic E-state index is 13.2. The van der Waals surface area contributed by atoms with Crippen LogP contribution in [0.1, 0.15) is 24.0 Å². The van der Waals surface area contributed by atoms with Crippen LogP contribution in [0.4, 0.5) is 13.2 Å². The molecule has 0 saturated heterocycles. The summed E-state index contributed by atoms with van der Waals surface area (Å²) in [7, 11) is 0. The molecular weight excluding hydrogens is 319 g/mol. The van der Waals surface area contributed by atoms with Crippen molar-refractivity contribution in [2.24, 2.45) is 0 Å². The van der Waals surface area contributed by atoms with E-state index in [1.165, 1.54) is 18.5 Å². The number of halogens is 3. The third kappa shape index (κ3) is 3.96. The number of benzene rings is 1. The highest BCUT2D eigenvalue weighted by atomic mass is 32.2. The maximum Gasteiger partial charge on any atom is 0.417 e. The Balaban J connectivity index is 1.83. The summed E-state index contributed by atoms with van der Waals surface area (Å²) in [4.78, 5) is 4.08. The molecule has 1 heterocycles. The number of hydrogen-bond donors (Lipinski definition) is 1. The molecule has 2 aromatic rings. The first-order valence-corrected chi connectivity index (χ1v) is 7.99. The first kappa shape index (κ1) is 14.8. The van der Waals surface area contributed by atoms with Crippen molar-refractivity contribution in [1.29, 1.82) is 0 Å². The molecule has 0 radical (unpaired) electrons. The van der Waals surface area contributed by atoms with Gasteiger partial charge in [0, 0.05) is 17.5 Å². The molecule has 0 bridgehead atoms. The summed E-state index contributed by atoms with van der Waals surface area (Å²) in [5.74, 6) is 0. The lowest BCUT2D eigenvalue weighted by Crippen LogP contribution is -2.16. The number of aromatic nitrogens is 2. The Hall–Kier alpha value is -1.12. The van der Waals surface area contributed by atoms with Gasteiger partial charge >= 0.3 is 6.18 Å². The van der Waals surface area contributed by atoms with Gasteiger partial charge in [-0.15, -0.1) is 0 Å². The third-order valence-electron chi connectivity index (χ3n) is 3.06. The van der Waals surface area contributed by atoms with E-state index in [1.54, 1.807) is 6.07 Å². The molecule has 112 valence electrons. The highest BCUT2D eigenvalue weighted by molar-refractivity contribution is 8.01. The van der Waals surface area contributed by atoms with Crippen molar-refractivity contribution in [3.05, 3.63) is 35.7 Å². The second kappa shape index (κ2) is 5.94. The van der Waals surface area contributed by atoms with E-state index in [2.05, 4.69) is 14.7 Å². The Kier molecular flexibility index (Phi) is 4.19. The zero-order valence-electron chi connectivity index (χ0n) is 10.9. The van der Waals surface area contributed by atoms with Gasteiger partial charge in [0.1, 0.15) is 6.33 Å². The Morgan fingerprint density at radius 2 is 2.14 bits per heavy atom. The van der Waals surface area contributed by atoms with E-state index in [0.29, 0.717) is 22.5 Å². The van der Waals surface area contributed by atoms with Gasteiger partial charge in [-0.25, -0.2) is 4.98 Å². The molecule has 1 aliphatic carbocycles. The van der Waals surface area contributed by atoms with Crippen molar-refractivity contribution in [2.75, 3.05) is 0 Å². The highest BCUT2D eigenvalue weighted by Crippen LogP contribution is 2.40. The Bertz CT molecular complexity index is 610. The second-order valence-corrected chi connectivity index (χ2v) is 6.86. The van der Waals surface area contributed by atoms with Crippen LogP contribution in [-0.2, 0) is 12.7 Å². The van der Waals surface area contributed by atoms with Crippen LogP contribution >= 0.6 is 23.3 Å². The van der Waals surface area contributed by atoms with Crippen molar-refractivity contribution in [3.63, 3.8) is 0 Å².